The monoisotopic (exact) mass is 338 g/mol. The summed E-state index contributed by atoms with van der Waals surface area (Å²) in [4.78, 5) is 24.6. The Morgan fingerprint density at radius 1 is 1.16 bits per heavy atom. The van der Waals surface area contributed by atoms with E-state index in [2.05, 4.69) is 5.32 Å². The van der Waals surface area contributed by atoms with Crippen molar-refractivity contribution in [2.45, 2.75) is 31.9 Å². The Morgan fingerprint density at radius 3 is 2.56 bits per heavy atom. The number of carbonyl (C=O) groups is 2. The van der Waals surface area contributed by atoms with Crippen molar-refractivity contribution in [2.75, 3.05) is 6.54 Å². The van der Waals surface area contributed by atoms with Crippen molar-refractivity contribution in [3.63, 3.8) is 0 Å². The summed E-state index contributed by atoms with van der Waals surface area (Å²) in [6, 6.07) is 14.7. The zero-order valence-corrected chi connectivity index (χ0v) is 14.4. The van der Waals surface area contributed by atoms with Gasteiger partial charge in [0.2, 0.25) is 5.91 Å². The Kier molecular flexibility index (Phi) is 4.59. The summed E-state index contributed by atoms with van der Waals surface area (Å²) in [7, 11) is 0. The summed E-state index contributed by atoms with van der Waals surface area (Å²) in [6.07, 6.45) is -0.639. The smallest absolute Gasteiger partial charge is 0.248 e. The number of hydrogen-bond acceptors (Lipinski definition) is 4. The predicted octanol–water partition coefficient (Wildman–Crippen LogP) is 2.18. The van der Waals surface area contributed by atoms with E-state index in [0.29, 0.717) is 24.4 Å². The third kappa shape index (κ3) is 3.42. The molecule has 1 unspecified atom stereocenters. The standard InChI is InChI=1S/C20H22N2O3/c1-20(2,15-6-4-3-5-7-15)18(23)17-12-22-11-14-9-8-13(19(21)24)10-16(14)25-17/h3-10,17,22H,11-12H2,1-2H3,(H2,21,24). The molecule has 5 nitrogen and oxygen atoms in total. The van der Waals surface area contributed by atoms with Gasteiger partial charge in [0, 0.05) is 24.2 Å². The Balaban J connectivity index is 1.89. The molecule has 0 fully saturated rings. The molecule has 0 radical (unpaired) electrons. The highest BCUT2D eigenvalue weighted by Gasteiger charge is 2.37. The van der Waals surface area contributed by atoms with Crippen molar-refractivity contribution in [2.24, 2.45) is 5.73 Å². The molecule has 0 saturated carbocycles. The van der Waals surface area contributed by atoms with Crippen LogP contribution >= 0.6 is 0 Å². The van der Waals surface area contributed by atoms with E-state index in [4.69, 9.17) is 10.5 Å². The number of primary amides is 1. The minimum atomic E-state index is -0.681. The number of nitrogens with one attached hydrogen (secondary N) is 1. The van der Waals surface area contributed by atoms with Crippen LogP contribution < -0.4 is 15.8 Å². The van der Waals surface area contributed by atoms with Crippen molar-refractivity contribution in [3.05, 3.63) is 65.2 Å². The molecule has 130 valence electrons. The maximum absolute atomic E-state index is 13.1. The molecule has 2 aromatic carbocycles. The molecule has 0 aromatic heterocycles. The van der Waals surface area contributed by atoms with Crippen LogP contribution in [0, 0.1) is 0 Å². The first-order valence-corrected chi connectivity index (χ1v) is 8.29. The van der Waals surface area contributed by atoms with E-state index in [9.17, 15) is 9.59 Å². The topological polar surface area (TPSA) is 81.4 Å². The fourth-order valence-electron chi connectivity index (χ4n) is 3.04. The number of Topliss-reactive ketones (excluding diaryl/α,β-unsaturated/α-hetero) is 1. The number of nitrogens with two attached hydrogens (primary N) is 1. The first-order chi connectivity index (χ1) is 11.9. The van der Waals surface area contributed by atoms with E-state index in [0.717, 1.165) is 11.1 Å². The van der Waals surface area contributed by atoms with Gasteiger partial charge in [-0.05, 0) is 31.5 Å². The van der Waals surface area contributed by atoms with Crippen LogP contribution in [0.2, 0.25) is 0 Å². The fourth-order valence-corrected chi connectivity index (χ4v) is 3.04. The number of ketones is 1. The number of amides is 1. The minimum absolute atomic E-state index is 0.0106. The Bertz CT molecular complexity index is 800. The molecule has 0 spiro atoms. The van der Waals surface area contributed by atoms with Crippen LogP contribution in [0.4, 0.5) is 0 Å². The lowest BCUT2D eigenvalue weighted by Crippen LogP contribution is -2.45. The predicted molar refractivity (Wildman–Crippen MR) is 95.6 cm³/mol. The second-order valence-corrected chi connectivity index (χ2v) is 6.78. The van der Waals surface area contributed by atoms with Crippen LogP contribution in [0.25, 0.3) is 0 Å². The van der Waals surface area contributed by atoms with Crippen molar-refractivity contribution in [1.29, 1.82) is 0 Å². The van der Waals surface area contributed by atoms with Gasteiger partial charge in [0.15, 0.2) is 11.9 Å². The van der Waals surface area contributed by atoms with E-state index in [1.54, 1.807) is 18.2 Å². The van der Waals surface area contributed by atoms with Gasteiger partial charge in [-0.15, -0.1) is 0 Å². The number of hydrogen-bond donors (Lipinski definition) is 2. The van der Waals surface area contributed by atoms with Gasteiger partial charge < -0.3 is 15.8 Å². The molecule has 1 amide bonds. The highest BCUT2D eigenvalue weighted by Crippen LogP contribution is 2.29. The first-order valence-electron chi connectivity index (χ1n) is 8.29. The number of fused-ring (bicyclic) bond motifs is 1. The molecule has 0 aliphatic carbocycles. The van der Waals surface area contributed by atoms with Gasteiger partial charge in [-0.25, -0.2) is 0 Å². The zero-order chi connectivity index (χ0) is 18.0. The fraction of sp³-hybridized carbons (Fsp3) is 0.300. The van der Waals surface area contributed by atoms with Crippen molar-refractivity contribution in [3.8, 4) is 5.75 Å². The maximum atomic E-state index is 13.1. The molecule has 1 heterocycles. The Morgan fingerprint density at radius 2 is 1.88 bits per heavy atom. The first kappa shape index (κ1) is 17.2. The highest BCUT2D eigenvalue weighted by molar-refractivity contribution is 5.94. The lowest BCUT2D eigenvalue weighted by molar-refractivity contribution is -0.130. The van der Waals surface area contributed by atoms with Crippen LogP contribution in [0.1, 0.15) is 35.3 Å². The molecule has 3 N–H and O–H groups in total. The van der Waals surface area contributed by atoms with E-state index >= 15 is 0 Å². The highest BCUT2D eigenvalue weighted by atomic mass is 16.5. The molecule has 0 saturated heterocycles. The van der Waals surface area contributed by atoms with Gasteiger partial charge in [0.25, 0.3) is 0 Å². The third-order valence-corrected chi connectivity index (χ3v) is 4.67. The molecule has 5 heteroatoms. The molecule has 0 bridgehead atoms. The molecule has 1 atom stereocenters. The van der Waals surface area contributed by atoms with Crippen LogP contribution in [0.5, 0.6) is 5.75 Å². The molecular formula is C20H22N2O3. The SMILES string of the molecule is CC(C)(C(=O)C1CNCc2ccc(C(N)=O)cc2O1)c1ccccc1. The van der Waals surface area contributed by atoms with Gasteiger partial charge in [-0.2, -0.15) is 0 Å². The summed E-state index contributed by atoms with van der Waals surface area (Å²) < 4.78 is 6.00. The summed E-state index contributed by atoms with van der Waals surface area (Å²) in [5.41, 5.74) is 6.88. The second kappa shape index (κ2) is 6.69. The Labute approximate surface area is 147 Å². The number of rotatable bonds is 4. The minimum Gasteiger partial charge on any atom is -0.481 e. The summed E-state index contributed by atoms with van der Waals surface area (Å²) >= 11 is 0. The van der Waals surface area contributed by atoms with Crippen LogP contribution in [0.3, 0.4) is 0 Å². The van der Waals surface area contributed by atoms with Gasteiger partial charge in [0.1, 0.15) is 5.75 Å². The van der Waals surface area contributed by atoms with Gasteiger partial charge in [-0.3, -0.25) is 9.59 Å². The van der Waals surface area contributed by atoms with Crippen molar-refractivity contribution in [1.82, 2.24) is 5.32 Å². The average Bonchev–Trinajstić information content (AvgIpc) is 2.83. The van der Waals surface area contributed by atoms with E-state index < -0.39 is 17.4 Å². The third-order valence-electron chi connectivity index (χ3n) is 4.67. The number of ether oxygens (including phenoxy) is 1. The summed E-state index contributed by atoms with van der Waals surface area (Å²) in [5.74, 6) is 0.00291. The van der Waals surface area contributed by atoms with Gasteiger partial charge in [0.05, 0.1) is 5.41 Å². The normalized spacial score (nSPS) is 17.1. The van der Waals surface area contributed by atoms with Crippen molar-refractivity contribution >= 4 is 11.7 Å². The van der Waals surface area contributed by atoms with E-state index in [1.807, 2.05) is 44.2 Å². The van der Waals surface area contributed by atoms with Crippen LogP contribution in [0.15, 0.2) is 48.5 Å². The van der Waals surface area contributed by atoms with Gasteiger partial charge >= 0.3 is 0 Å². The van der Waals surface area contributed by atoms with Crippen LogP contribution in [-0.4, -0.2) is 24.3 Å². The molecular weight excluding hydrogens is 316 g/mol. The van der Waals surface area contributed by atoms with Crippen molar-refractivity contribution < 1.29 is 14.3 Å². The van der Waals surface area contributed by atoms with Crippen LogP contribution in [-0.2, 0) is 16.8 Å². The molecule has 3 rings (SSSR count). The number of carbonyl (C=O) groups excluding carboxylic acids is 2. The average molecular weight is 338 g/mol. The quantitative estimate of drug-likeness (QED) is 0.895. The largest absolute Gasteiger partial charge is 0.481 e. The second-order valence-electron chi connectivity index (χ2n) is 6.78. The summed E-state index contributed by atoms with van der Waals surface area (Å²) in [5, 5.41) is 3.24. The van der Waals surface area contributed by atoms with E-state index in [-0.39, 0.29) is 5.78 Å². The van der Waals surface area contributed by atoms with E-state index in [1.165, 1.54) is 0 Å². The molecule has 25 heavy (non-hydrogen) atoms. The molecule has 2 aromatic rings. The maximum Gasteiger partial charge on any atom is 0.248 e. The molecule has 1 aliphatic heterocycles. The summed E-state index contributed by atoms with van der Waals surface area (Å²) in [6.45, 7) is 4.79. The molecule has 1 aliphatic rings. The Hall–Kier alpha value is -2.66. The lowest BCUT2D eigenvalue weighted by Gasteiger charge is -2.28. The number of benzene rings is 2. The zero-order valence-electron chi connectivity index (χ0n) is 14.4. The lowest BCUT2D eigenvalue weighted by atomic mass is 9.78. The van der Waals surface area contributed by atoms with Gasteiger partial charge in [-0.1, -0.05) is 36.4 Å².